The summed E-state index contributed by atoms with van der Waals surface area (Å²) < 4.78 is 29.0. The van der Waals surface area contributed by atoms with Crippen molar-refractivity contribution in [3.8, 4) is 0 Å². The lowest BCUT2D eigenvalue weighted by molar-refractivity contribution is 0.527. The molecule has 0 saturated heterocycles. The summed E-state index contributed by atoms with van der Waals surface area (Å²) in [4.78, 5) is 4.63. The van der Waals surface area contributed by atoms with Crippen LogP contribution in [0.1, 0.15) is 26.2 Å². The Morgan fingerprint density at radius 3 is 3.05 bits per heavy atom. The number of rotatable bonds is 5. The summed E-state index contributed by atoms with van der Waals surface area (Å²) >= 11 is 7.30. The number of halogens is 1. The smallest absolute Gasteiger partial charge is 0.260 e. The average molecular weight is 320 g/mol. The Morgan fingerprint density at radius 1 is 1.63 bits per heavy atom. The van der Waals surface area contributed by atoms with Crippen LogP contribution in [0.5, 0.6) is 0 Å². The number of nitrogens with zero attached hydrogens (tertiary/aromatic N) is 2. The van der Waals surface area contributed by atoms with Crippen molar-refractivity contribution < 1.29 is 8.42 Å². The lowest BCUT2D eigenvalue weighted by Gasteiger charge is -2.13. The Morgan fingerprint density at radius 2 is 2.37 bits per heavy atom. The molecule has 19 heavy (non-hydrogen) atoms. The zero-order valence-electron chi connectivity index (χ0n) is 10.3. The fraction of sp³-hybridized carbons (Fsp3) is 0.545. The highest BCUT2D eigenvalue weighted by Crippen LogP contribution is 2.34. The van der Waals surface area contributed by atoms with Crippen molar-refractivity contribution in [2.24, 2.45) is 5.92 Å². The molecule has 1 fully saturated rings. The van der Waals surface area contributed by atoms with Gasteiger partial charge in [0.15, 0.2) is 15.1 Å². The number of hydrogen-bond donors (Lipinski definition) is 1. The molecule has 0 radical (unpaired) electrons. The number of imidazole rings is 1. The number of fused-ring (bicyclic) bond motifs is 1. The first-order valence-electron chi connectivity index (χ1n) is 6.11. The summed E-state index contributed by atoms with van der Waals surface area (Å²) in [6, 6.07) is -0.0854. The molecule has 0 aromatic carbocycles. The van der Waals surface area contributed by atoms with Gasteiger partial charge in [-0.1, -0.05) is 24.4 Å². The maximum Gasteiger partial charge on any atom is 0.260 e. The van der Waals surface area contributed by atoms with E-state index in [1.165, 1.54) is 28.6 Å². The van der Waals surface area contributed by atoms with Crippen LogP contribution in [0.25, 0.3) is 4.96 Å². The van der Waals surface area contributed by atoms with Gasteiger partial charge in [0.05, 0.1) is 0 Å². The first kappa shape index (κ1) is 13.4. The Balaban J connectivity index is 1.89. The van der Waals surface area contributed by atoms with Crippen molar-refractivity contribution in [1.29, 1.82) is 0 Å². The number of sulfonamides is 1. The van der Waals surface area contributed by atoms with Gasteiger partial charge in [0.2, 0.25) is 0 Å². The van der Waals surface area contributed by atoms with E-state index >= 15 is 0 Å². The van der Waals surface area contributed by atoms with Gasteiger partial charge in [-0.2, -0.15) is 0 Å². The minimum atomic E-state index is -3.64. The molecule has 1 unspecified atom stereocenters. The van der Waals surface area contributed by atoms with E-state index in [9.17, 15) is 8.42 Å². The molecule has 0 bridgehead atoms. The second-order valence-corrected chi connectivity index (χ2v) is 7.83. The molecule has 0 aliphatic heterocycles. The van der Waals surface area contributed by atoms with Crippen LogP contribution in [0, 0.1) is 5.92 Å². The highest BCUT2D eigenvalue weighted by Gasteiger charge is 2.29. The van der Waals surface area contributed by atoms with Gasteiger partial charge in [-0.25, -0.2) is 18.1 Å². The van der Waals surface area contributed by atoms with Crippen molar-refractivity contribution in [3.05, 3.63) is 16.7 Å². The van der Waals surface area contributed by atoms with E-state index in [1.54, 1.807) is 11.6 Å². The van der Waals surface area contributed by atoms with Crippen LogP contribution in [0.3, 0.4) is 0 Å². The third-order valence-corrected chi connectivity index (χ3v) is 5.92. The van der Waals surface area contributed by atoms with Gasteiger partial charge in [0.25, 0.3) is 10.0 Å². The largest absolute Gasteiger partial charge is 0.279 e. The Bertz CT molecular complexity index is 703. The molecule has 2 aromatic heterocycles. The zero-order valence-corrected chi connectivity index (χ0v) is 12.7. The van der Waals surface area contributed by atoms with E-state index in [4.69, 9.17) is 11.6 Å². The molecule has 1 N–H and O–H groups in total. The van der Waals surface area contributed by atoms with Gasteiger partial charge >= 0.3 is 0 Å². The SMILES string of the molecule is CC(CC1CC1)NS(=O)(=O)c1c(Cl)nc2sccn12. The summed E-state index contributed by atoms with van der Waals surface area (Å²) in [5.41, 5.74) is 0. The molecule has 0 spiro atoms. The van der Waals surface area contributed by atoms with E-state index < -0.39 is 10.0 Å². The topological polar surface area (TPSA) is 63.5 Å². The number of nitrogens with one attached hydrogen (secondary N) is 1. The van der Waals surface area contributed by atoms with Crippen LogP contribution in [0.2, 0.25) is 5.15 Å². The second-order valence-electron chi connectivity index (χ2n) is 4.96. The third-order valence-electron chi connectivity index (χ3n) is 3.17. The van der Waals surface area contributed by atoms with Crippen LogP contribution in [0.4, 0.5) is 0 Å². The van der Waals surface area contributed by atoms with Crippen LogP contribution in [-0.2, 0) is 10.0 Å². The second kappa shape index (κ2) is 4.73. The molecule has 104 valence electrons. The summed E-state index contributed by atoms with van der Waals surface area (Å²) in [5, 5.41) is 1.84. The molecule has 1 saturated carbocycles. The van der Waals surface area contributed by atoms with Gasteiger partial charge < -0.3 is 0 Å². The lowest BCUT2D eigenvalue weighted by Crippen LogP contribution is -2.33. The predicted molar refractivity (Wildman–Crippen MR) is 75.2 cm³/mol. The maximum atomic E-state index is 12.4. The van der Waals surface area contributed by atoms with E-state index in [-0.39, 0.29) is 16.2 Å². The average Bonchev–Trinajstić information content (AvgIpc) is 2.86. The Hall–Kier alpha value is -0.630. The van der Waals surface area contributed by atoms with Gasteiger partial charge in [0, 0.05) is 17.6 Å². The lowest BCUT2D eigenvalue weighted by atomic mass is 10.2. The molecule has 8 heteroatoms. The first-order chi connectivity index (χ1) is 8.97. The molecular weight excluding hydrogens is 306 g/mol. The van der Waals surface area contributed by atoms with Gasteiger partial charge in [0.1, 0.15) is 0 Å². The van der Waals surface area contributed by atoms with Crippen LogP contribution >= 0.6 is 22.9 Å². The highest BCUT2D eigenvalue weighted by atomic mass is 35.5. The van der Waals surface area contributed by atoms with Crippen LogP contribution in [0.15, 0.2) is 16.6 Å². The normalized spacial score (nSPS) is 18.0. The number of aromatic nitrogens is 2. The predicted octanol–water partition coefficient (Wildman–Crippen LogP) is 2.52. The minimum Gasteiger partial charge on any atom is -0.279 e. The van der Waals surface area contributed by atoms with Crippen molar-refractivity contribution >= 4 is 37.9 Å². The molecule has 1 atom stereocenters. The molecule has 5 nitrogen and oxygen atoms in total. The maximum absolute atomic E-state index is 12.4. The quantitative estimate of drug-likeness (QED) is 0.921. The van der Waals surface area contributed by atoms with Crippen molar-refractivity contribution in [3.63, 3.8) is 0 Å². The van der Waals surface area contributed by atoms with E-state index in [0.717, 1.165) is 6.42 Å². The van der Waals surface area contributed by atoms with Crippen molar-refractivity contribution in [1.82, 2.24) is 14.1 Å². The molecule has 2 aromatic rings. The number of hydrogen-bond acceptors (Lipinski definition) is 4. The van der Waals surface area contributed by atoms with E-state index in [0.29, 0.717) is 10.9 Å². The molecule has 1 aliphatic carbocycles. The summed E-state index contributed by atoms with van der Waals surface area (Å²) in [5.74, 6) is 0.666. The van der Waals surface area contributed by atoms with Gasteiger partial charge in [-0.15, -0.1) is 11.3 Å². The fourth-order valence-electron chi connectivity index (χ4n) is 2.20. The molecule has 3 rings (SSSR count). The molecule has 2 heterocycles. The molecule has 0 amide bonds. The summed E-state index contributed by atoms with van der Waals surface area (Å²) in [6.07, 6.45) is 4.95. The molecule has 1 aliphatic rings. The first-order valence-corrected chi connectivity index (χ1v) is 8.85. The van der Waals surface area contributed by atoms with Crippen LogP contribution in [-0.4, -0.2) is 23.8 Å². The van der Waals surface area contributed by atoms with Gasteiger partial charge in [-0.3, -0.25) is 4.40 Å². The zero-order chi connectivity index (χ0) is 13.6. The van der Waals surface area contributed by atoms with Crippen LogP contribution < -0.4 is 4.72 Å². The number of thiazole rings is 1. The molecular formula is C11H14ClN3O2S2. The summed E-state index contributed by atoms with van der Waals surface area (Å²) in [7, 11) is -3.64. The summed E-state index contributed by atoms with van der Waals surface area (Å²) in [6.45, 7) is 1.88. The monoisotopic (exact) mass is 319 g/mol. The minimum absolute atomic E-state index is 0.0259. The fourth-order valence-corrected chi connectivity index (χ4v) is 4.91. The van der Waals surface area contributed by atoms with Gasteiger partial charge in [-0.05, 0) is 19.3 Å². The third kappa shape index (κ3) is 2.65. The highest BCUT2D eigenvalue weighted by molar-refractivity contribution is 7.89. The van der Waals surface area contributed by atoms with Crippen molar-refractivity contribution in [2.75, 3.05) is 0 Å². The van der Waals surface area contributed by atoms with Crippen molar-refractivity contribution in [2.45, 2.75) is 37.3 Å². The standard InChI is InChI=1S/C11H14ClN3O2S2/c1-7(6-8-2-3-8)14-19(16,17)10-9(12)13-11-15(10)4-5-18-11/h4-5,7-8,14H,2-3,6H2,1H3. The van der Waals surface area contributed by atoms with E-state index in [1.807, 2.05) is 6.92 Å². The Labute approximate surface area is 120 Å². The van der Waals surface area contributed by atoms with E-state index in [2.05, 4.69) is 9.71 Å². The Kier molecular flexibility index (Phi) is 3.33.